The van der Waals surface area contributed by atoms with Crippen LogP contribution < -0.4 is 5.32 Å². The van der Waals surface area contributed by atoms with Gasteiger partial charge in [-0.25, -0.2) is 0 Å². The number of carbonyl (C=O) groups is 1. The first-order valence-electron chi connectivity index (χ1n) is 5.60. The summed E-state index contributed by atoms with van der Waals surface area (Å²) < 4.78 is 0.481. The molecule has 108 valence electrons. The summed E-state index contributed by atoms with van der Waals surface area (Å²) in [4.78, 5) is 22.6. The second kappa shape index (κ2) is 6.43. The topological polar surface area (TPSA) is 72.2 Å². The number of halogens is 3. The molecule has 1 N–H and O–H groups in total. The summed E-state index contributed by atoms with van der Waals surface area (Å²) in [5.41, 5.74) is -0.170. The van der Waals surface area contributed by atoms with Crippen LogP contribution in [-0.2, 0) is 0 Å². The van der Waals surface area contributed by atoms with Crippen molar-refractivity contribution in [3.63, 3.8) is 0 Å². The molecule has 8 heteroatoms. The van der Waals surface area contributed by atoms with Crippen LogP contribution in [0.5, 0.6) is 0 Å². The molecule has 0 saturated heterocycles. The normalized spacial score (nSPS) is 10.2. The van der Waals surface area contributed by atoms with E-state index in [1.165, 1.54) is 18.2 Å². The predicted molar refractivity (Wildman–Crippen MR) is 85.2 cm³/mol. The van der Waals surface area contributed by atoms with Crippen LogP contribution in [0.1, 0.15) is 10.4 Å². The number of nitro groups is 1. The lowest BCUT2D eigenvalue weighted by atomic mass is 10.1. The van der Waals surface area contributed by atoms with Crippen molar-refractivity contribution in [3.05, 3.63) is 66.6 Å². The van der Waals surface area contributed by atoms with Gasteiger partial charge < -0.3 is 5.32 Å². The van der Waals surface area contributed by atoms with Gasteiger partial charge >= 0.3 is 0 Å². The summed E-state index contributed by atoms with van der Waals surface area (Å²) in [5.74, 6) is -0.685. The van der Waals surface area contributed by atoms with E-state index >= 15 is 0 Å². The molecule has 0 aliphatic heterocycles. The van der Waals surface area contributed by atoms with E-state index in [1.807, 2.05) is 0 Å². The van der Waals surface area contributed by atoms with Gasteiger partial charge in [0.2, 0.25) is 0 Å². The highest BCUT2D eigenvalue weighted by Gasteiger charge is 2.23. The lowest BCUT2D eigenvalue weighted by Crippen LogP contribution is -2.15. The molecule has 2 rings (SSSR count). The molecular formula is C13H7BrCl2N2O3. The van der Waals surface area contributed by atoms with Gasteiger partial charge in [0.25, 0.3) is 11.6 Å². The van der Waals surface area contributed by atoms with Crippen molar-refractivity contribution >= 4 is 56.4 Å². The third-order valence-electron chi connectivity index (χ3n) is 2.62. The van der Waals surface area contributed by atoms with Crippen molar-refractivity contribution in [1.29, 1.82) is 0 Å². The highest BCUT2D eigenvalue weighted by Crippen LogP contribution is 2.32. The molecule has 0 saturated carbocycles. The van der Waals surface area contributed by atoms with Crippen LogP contribution in [0.15, 0.2) is 40.9 Å². The van der Waals surface area contributed by atoms with Crippen LogP contribution >= 0.6 is 39.1 Å². The summed E-state index contributed by atoms with van der Waals surface area (Å²) in [7, 11) is 0. The maximum Gasteiger partial charge on any atom is 0.283 e. The van der Waals surface area contributed by atoms with E-state index in [1.54, 1.807) is 18.2 Å². The predicted octanol–water partition coefficient (Wildman–Crippen LogP) is 4.92. The zero-order chi connectivity index (χ0) is 15.6. The smallest absolute Gasteiger partial charge is 0.283 e. The van der Waals surface area contributed by atoms with Gasteiger partial charge in [-0.15, -0.1) is 0 Å². The molecule has 0 unspecified atom stereocenters. The fraction of sp³-hybridized carbons (Fsp3) is 0. The first kappa shape index (κ1) is 15.8. The minimum absolute atomic E-state index is 0.000138. The Hall–Kier alpha value is -1.63. The number of hydrogen-bond acceptors (Lipinski definition) is 3. The van der Waals surface area contributed by atoms with Gasteiger partial charge in [0, 0.05) is 6.07 Å². The Balaban J connectivity index is 2.42. The van der Waals surface area contributed by atoms with Crippen molar-refractivity contribution in [2.75, 3.05) is 5.32 Å². The average Bonchev–Trinajstić information content (AvgIpc) is 2.43. The van der Waals surface area contributed by atoms with Gasteiger partial charge in [-0.2, -0.15) is 0 Å². The number of hydrogen-bond donors (Lipinski definition) is 1. The zero-order valence-electron chi connectivity index (χ0n) is 10.3. The Morgan fingerprint density at radius 2 is 1.76 bits per heavy atom. The van der Waals surface area contributed by atoms with E-state index in [2.05, 4.69) is 21.2 Å². The molecule has 21 heavy (non-hydrogen) atoms. The third kappa shape index (κ3) is 3.34. The average molecular weight is 390 g/mol. The monoisotopic (exact) mass is 388 g/mol. The van der Waals surface area contributed by atoms with Gasteiger partial charge in [-0.3, -0.25) is 14.9 Å². The Labute approximate surface area is 138 Å². The van der Waals surface area contributed by atoms with Gasteiger partial charge in [0.15, 0.2) is 0 Å². The maximum absolute atomic E-state index is 12.3. The standard InChI is InChI=1S/C13H7BrCl2N2O3/c14-12-8(16)4-1-5-9(12)17-13(19)11-7(15)3-2-6-10(11)18(20)21/h1-6H,(H,17,19). The van der Waals surface area contributed by atoms with E-state index in [0.717, 1.165) is 0 Å². The highest BCUT2D eigenvalue weighted by molar-refractivity contribution is 9.10. The van der Waals surface area contributed by atoms with Crippen molar-refractivity contribution in [3.8, 4) is 0 Å². The molecular weight excluding hydrogens is 383 g/mol. The minimum Gasteiger partial charge on any atom is -0.321 e. The fourth-order valence-electron chi connectivity index (χ4n) is 1.67. The Kier molecular flexibility index (Phi) is 4.82. The van der Waals surface area contributed by atoms with Gasteiger partial charge in [-0.1, -0.05) is 35.3 Å². The Morgan fingerprint density at radius 3 is 2.43 bits per heavy atom. The molecule has 0 heterocycles. The van der Waals surface area contributed by atoms with Gasteiger partial charge in [0.1, 0.15) is 5.56 Å². The van der Waals surface area contributed by atoms with E-state index in [9.17, 15) is 14.9 Å². The molecule has 0 aromatic heterocycles. The molecule has 0 bridgehead atoms. The summed E-state index contributed by atoms with van der Waals surface area (Å²) in [6.07, 6.45) is 0. The number of carbonyl (C=O) groups excluding carboxylic acids is 1. The molecule has 0 atom stereocenters. The quantitative estimate of drug-likeness (QED) is 0.598. The minimum atomic E-state index is -0.685. The van der Waals surface area contributed by atoms with E-state index in [-0.39, 0.29) is 16.3 Å². The molecule has 5 nitrogen and oxygen atoms in total. The zero-order valence-corrected chi connectivity index (χ0v) is 13.4. The Bertz CT molecular complexity index is 737. The molecule has 0 fully saturated rings. The lowest BCUT2D eigenvalue weighted by molar-refractivity contribution is -0.385. The number of nitrogens with one attached hydrogen (secondary N) is 1. The molecule has 0 aliphatic rings. The van der Waals surface area contributed by atoms with Crippen LogP contribution in [0.2, 0.25) is 10.0 Å². The number of nitro benzene ring substituents is 1. The van der Waals surface area contributed by atoms with Gasteiger partial charge in [-0.05, 0) is 34.1 Å². The molecule has 0 spiro atoms. The highest BCUT2D eigenvalue weighted by atomic mass is 79.9. The summed E-state index contributed by atoms with van der Waals surface area (Å²) in [6.45, 7) is 0. The van der Waals surface area contributed by atoms with Crippen molar-refractivity contribution in [1.82, 2.24) is 0 Å². The molecule has 0 aliphatic carbocycles. The number of rotatable bonds is 3. The van der Waals surface area contributed by atoms with Crippen LogP contribution in [0, 0.1) is 10.1 Å². The van der Waals surface area contributed by atoms with E-state index < -0.39 is 10.8 Å². The molecule has 0 radical (unpaired) electrons. The number of benzene rings is 2. The Morgan fingerprint density at radius 1 is 1.14 bits per heavy atom. The van der Waals surface area contributed by atoms with Crippen molar-refractivity contribution < 1.29 is 9.72 Å². The van der Waals surface area contributed by atoms with Crippen molar-refractivity contribution in [2.45, 2.75) is 0 Å². The lowest BCUT2D eigenvalue weighted by Gasteiger charge is -2.09. The number of nitrogens with zero attached hydrogens (tertiary/aromatic N) is 1. The first-order chi connectivity index (χ1) is 9.91. The molecule has 2 aromatic carbocycles. The second-order valence-electron chi connectivity index (χ2n) is 3.95. The first-order valence-corrected chi connectivity index (χ1v) is 7.15. The molecule has 2 aromatic rings. The third-order valence-corrected chi connectivity index (χ3v) is 4.33. The SMILES string of the molecule is O=C(Nc1cccc(Cl)c1Br)c1c(Cl)cccc1[N+](=O)[O-]. The van der Waals surface area contributed by atoms with Crippen LogP contribution in [0.3, 0.4) is 0 Å². The van der Waals surface area contributed by atoms with Gasteiger partial charge in [0.05, 0.1) is 25.1 Å². The van der Waals surface area contributed by atoms with Crippen LogP contribution in [0.25, 0.3) is 0 Å². The molecule has 1 amide bonds. The van der Waals surface area contributed by atoms with Crippen molar-refractivity contribution in [2.24, 2.45) is 0 Å². The van der Waals surface area contributed by atoms with Crippen LogP contribution in [0.4, 0.5) is 11.4 Å². The largest absolute Gasteiger partial charge is 0.321 e. The maximum atomic E-state index is 12.3. The summed E-state index contributed by atoms with van der Waals surface area (Å²) >= 11 is 15.1. The second-order valence-corrected chi connectivity index (χ2v) is 5.55. The summed E-state index contributed by atoms with van der Waals surface area (Å²) in [5, 5.41) is 13.9. The van der Waals surface area contributed by atoms with Crippen LogP contribution in [-0.4, -0.2) is 10.8 Å². The fourth-order valence-corrected chi connectivity index (χ4v) is 2.47. The van der Waals surface area contributed by atoms with E-state index in [0.29, 0.717) is 15.2 Å². The number of anilines is 1. The summed E-state index contributed by atoms with van der Waals surface area (Å²) in [6, 6.07) is 8.93. The number of amides is 1. The van der Waals surface area contributed by atoms with E-state index in [4.69, 9.17) is 23.2 Å².